The number of hydrogen-bond donors (Lipinski definition) is 1. The fourth-order valence-electron chi connectivity index (χ4n) is 3.44. The minimum atomic E-state index is -0.0568. The second-order valence-corrected chi connectivity index (χ2v) is 6.26. The van der Waals surface area contributed by atoms with Crippen LogP contribution < -0.4 is 10.2 Å². The Balaban J connectivity index is 1.83. The number of benzene rings is 2. The zero-order valence-electron chi connectivity index (χ0n) is 13.7. The second-order valence-electron chi connectivity index (χ2n) is 6.26. The second kappa shape index (κ2) is 6.48. The number of carbonyl (C=O) groups is 1. The summed E-state index contributed by atoms with van der Waals surface area (Å²) in [5.41, 5.74) is 4.36. The van der Waals surface area contributed by atoms with Gasteiger partial charge in [-0.2, -0.15) is 0 Å². The molecule has 0 aliphatic carbocycles. The molecule has 4 nitrogen and oxygen atoms in total. The highest BCUT2D eigenvalue weighted by molar-refractivity contribution is 6.44. The van der Waals surface area contributed by atoms with Gasteiger partial charge in [-0.15, -0.1) is 0 Å². The number of aryl methyl sites for hydroxylation is 2. The third kappa shape index (κ3) is 2.68. The summed E-state index contributed by atoms with van der Waals surface area (Å²) >= 11 is 0. The molecule has 0 saturated carbocycles. The standard InChI is InChI=1S/C20H21N3O/c24-20(19-21-13-5-6-14-22-19)23-17-9-3-1-7-15(17)11-12-16-8-2-4-10-18(16)23/h1-4,7-10H,5-6,11-14H2,(H,21,22). The van der Waals surface area contributed by atoms with E-state index in [0.29, 0.717) is 12.4 Å². The van der Waals surface area contributed by atoms with Crippen LogP contribution in [0.4, 0.5) is 11.4 Å². The van der Waals surface area contributed by atoms with Gasteiger partial charge in [-0.05, 0) is 48.9 Å². The van der Waals surface area contributed by atoms with Crippen LogP contribution in [0.15, 0.2) is 53.5 Å². The van der Waals surface area contributed by atoms with E-state index < -0.39 is 0 Å². The number of rotatable bonds is 1. The van der Waals surface area contributed by atoms with Gasteiger partial charge in [-0.3, -0.25) is 14.7 Å². The molecule has 0 spiro atoms. The first-order valence-electron chi connectivity index (χ1n) is 8.63. The Labute approximate surface area is 142 Å². The smallest absolute Gasteiger partial charge is 0.297 e. The lowest BCUT2D eigenvalue weighted by Gasteiger charge is -2.25. The molecule has 4 heteroatoms. The maximum atomic E-state index is 13.3. The number of nitrogens with zero attached hydrogens (tertiary/aromatic N) is 2. The van der Waals surface area contributed by atoms with Gasteiger partial charge in [0.15, 0.2) is 5.84 Å². The highest BCUT2D eigenvalue weighted by atomic mass is 16.2. The van der Waals surface area contributed by atoms with E-state index in [2.05, 4.69) is 22.4 Å². The zero-order valence-corrected chi connectivity index (χ0v) is 13.7. The molecule has 1 amide bonds. The first-order chi connectivity index (χ1) is 11.8. The Kier molecular flexibility index (Phi) is 4.03. The van der Waals surface area contributed by atoms with Gasteiger partial charge >= 0.3 is 0 Å². The molecule has 2 aromatic carbocycles. The van der Waals surface area contributed by atoms with E-state index >= 15 is 0 Å². The SMILES string of the molecule is O=C(C1=NCCCCN1)N1c2ccccc2CCc2ccccc21. The Morgan fingerprint density at radius 3 is 2.21 bits per heavy atom. The molecule has 2 aliphatic rings. The summed E-state index contributed by atoms with van der Waals surface area (Å²) < 4.78 is 0. The fourth-order valence-corrected chi connectivity index (χ4v) is 3.44. The zero-order chi connectivity index (χ0) is 16.4. The van der Waals surface area contributed by atoms with Crippen molar-refractivity contribution in [3.8, 4) is 0 Å². The predicted molar refractivity (Wildman–Crippen MR) is 97.0 cm³/mol. The van der Waals surface area contributed by atoms with Crippen molar-refractivity contribution in [1.29, 1.82) is 0 Å². The number of fused-ring (bicyclic) bond motifs is 2. The van der Waals surface area contributed by atoms with Crippen LogP contribution in [0, 0.1) is 0 Å². The molecule has 4 rings (SSSR count). The van der Waals surface area contributed by atoms with Crippen LogP contribution in [0.2, 0.25) is 0 Å². The lowest BCUT2D eigenvalue weighted by Crippen LogP contribution is -2.41. The summed E-state index contributed by atoms with van der Waals surface area (Å²) in [4.78, 5) is 19.6. The molecular formula is C20H21N3O. The van der Waals surface area contributed by atoms with E-state index in [1.165, 1.54) is 11.1 Å². The van der Waals surface area contributed by atoms with Gasteiger partial charge in [-0.25, -0.2) is 0 Å². The molecule has 0 fully saturated rings. The Morgan fingerprint density at radius 2 is 1.54 bits per heavy atom. The van der Waals surface area contributed by atoms with Crippen molar-refractivity contribution in [2.45, 2.75) is 25.7 Å². The normalized spacial score (nSPS) is 16.8. The number of amidine groups is 1. The van der Waals surface area contributed by atoms with Crippen molar-refractivity contribution in [1.82, 2.24) is 5.32 Å². The van der Waals surface area contributed by atoms with Crippen LogP contribution >= 0.6 is 0 Å². The summed E-state index contributed by atoms with van der Waals surface area (Å²) in [6.07, 6.45) is 3.96. The van der Waals surface area contributed by atoms with Gasteiger partial charge in [0.05, 0.1) is 11.4 Å². The molecule has 1 N–H and O–H groups in total. The topological polar surface area (TPSA) is 44.7 Å². The van der Waals surface area contributed by atoms with Gasteiger partial charge in [0.2, 0.25) is 0 Å². The third-order valence-electron chi connectivity index (χ3n) is 4.68. The summed E-state index contributed by atoms with van der Waals surface area (Å²) in [6, 6.07) is 16.4. The van der Waals surface area contributed by atoms with Gasteiger partial charge in [0.25, 0.3) is 5.91 Å². The molecule has 2 aliphatic heterocycles. The van der Waals surface area contributed by atoms with Gasteiger partial charge < -0.3 is 5.32 Å². The number of carbonyl (C=O) groups excluding carboxylic acids is 1. The lowest BCUT2D eigenvalue weighted by atomic mass is 10.0. The fraction of sp³-hybridized carbons (Fsp3) is 0.300. The van der Waals surface area contributed by atoms with Crippen molar-refractivity contribution in [2.24, 2.45) is 4.99 Å². The number of amides is 1. The van der Waals surface area contributed by atoms with Gasteiger partial charge in [0.1, 0.15) is 0 Å². The van der Waals surface area contributed by atoms with E-state index in [1.807, 2.05) is 41.3 Å². The molecule has 0 atom stereocenters. The summed E-state index contributed by atoms with van der Waals surface area (Å²) in [5, 5.41) is 3.22. The number of nitrogens with one attached hydrogen (secondary N) is 1. The average Bonchev–Trinajstić information content (AvgIpc) is 2.99. The number of hydrogen-bond acceptors (Lipinski definition) is 3. The minimum Gasteiger partial charge on any atom is -0.366 e. The summed E-state index contributed by atoms with van der Waals surface area (Å²) in [7, 11) is 0. The molecular weight excluding hydrogens is 298 g/mol. The molecule has 0 bridgehead atoms. The quantitative estimate of drug-likeness (QED) is 0.877. The maximum absolute atomic E-state index is 13.3. The average molecular weight is 319 g/mol. The van der Waals surface area contributed by atoms with E-state index in [9.17, 15) is 4.79 Å². The number of aliphatic imine (C=N–C) groups is 1. The van der Waals surface area contributed by atoms with Crippen molar-refractivity contribution in [3.63, 3.8) is 0 Å². The van der Waals surface area contributed by atoms with Crippen LogP contribution in [0.3, 0.4) is 0 Å². The monoisotopic (exact) mass is 319 g/mol. The molecule has 2 aromatic rings. The molecule has 24 heavy (non-hydrogen) atoms. The van der Waals surface area contributed by atoms with E-state index in [4.69, 9.17) is 0 Å². The minimum absolute atomic E-state index is 0.0568. The highest BCUT2D eigenvalue weighted by Crippen LogP contribution is 2.36. The van der Waals surface area contributed by atoms with Gasteiger partial charge in [-0.1, -0.05) is 36.4 Å². The summed E-state index contributed by atoms with van der Waals surface area (Å²) in [6.45, 7) is 1.52. The Morgan fingerprint density at radius 1 is 0.917 bits per heavy atom. The van der Waals surface area contributed by atoms with Crippen LogP contribution in [0.25, 0.3) is 0 Å². The number of para-hydroxylation sites is 2. The van der Waals surface area contributed by atoms with Gasteiger partial charge in [0, 0.05) is 13.1 Å². The van der Waals surface area contributed by atoms with E-state index in [-0.39, 0.29) is 5.91 Å². The van der Waals surface area contributed by atoms with E-state index in [0.717, 1.165) is 43.6 Å². The maximum Gasteiger partial charge on any atom is 0.297 e. The highest BCUT2D eigenvalue weighted by Gasteiger charge is 2.28. The molecule has 0 unspecified atom stereocenters. The third-order valence-corrected chi connectivity index (χ3v) is 4.68. The molecule has 0 saturated heterocycles. The molecule has 2 heterocycles. The van der Waals surface area contributed by atoms with Crippen molar-refractivity contribution in [3.05, 3.63) is 59.7 Å². The first kappa shape index (κ1) is 14.9. The van der Waals surface area contributed by atoms with Crippen molar-refractivity contribution >= 4 is 23.1 Å². The Bertz CT molecular complexity index is 749. The lowest BCUT2D eigenvalue weighted by molar-refractivity contribution is -0.112. The molecule has 0 radical (unpaired) electrons. The van der Waals surface area contributed by atoms with Crippen molar-refractivity contribution < 1.29 is 4.79 Å². The van der Waals surface area contributed by atoms with Crippen LogP contribution in [-0.4, -0.2) is 24.8 Å². The summed E-state index contributed by atoms with van der Waals surface area (Å²) in [5.74, 6) is 0.428. The molecule has 122 valence electrons. The Hall–Kier alpha value is -2.62. The van der Waals surface area contributed by atoms with Crippen LogP contribution in [0.1, 0.15) is 24.0 Å². The van der Waals surface area contributed by atoms with E-state index in [1.54, 1.807) is 0 Å². The first-order valence-corrected chi connectivity index (χ1v) is 8.63. The number of anilines is 2. The molecule has 0 aromatic heterocycles. The van der Waals surface area contributed by atoms with Crippen LogP contribution in [-0.2, 0) is 17.6 Å². The van der Waals surface area contributed by atoms with Crippen LogP contribution in [0.5, 0.6) is 0 Å². The van der Waals surface area contributed by atoms with Crippen molar-refractivity contribution in [2.75, 3.05) is 18.0 Å². The largest absolute Gasteiger partial charge is 0.366 e. The predicted octanol–water partition coefficient (Wildman–Crippen LogP) is 3.23.